The van der Waals surface area contributed by atoms with Gasteiger partial charge in [-0.2, -0.15) is 0 Å². The molecule has 20 heavy (non-hydrogen) atoms. The minimum atomic E-state index is 0.415. The molecule has 0 amide bonds. The summed E-state index contributed by atoms with van der Waals surface area (Å²) in [6, 6.07) is 7.29. The summed E-state index contributed by atoms with van der Waals surface area (Å²) in [6.07, 6.45) is 8.21. The standard InChI is InChI=1S/C17H26BrNS/c1-3-11-19-13(2)16-10-9-15(12-17(16)18)20-14-7-5-4-6-8-14/h9-10,12-14,19H,3-8,11H2,1-2H3. The normalized spacial score (nSPS) is 18.1. The Morgan fingerprint density at radius 3 is 2.70 bits per heavy atom. The highest BCUT2D eigenvalue weighted by Crippen LogP contribution is 2.36. The highest BCUT2D eigenvalue weighted by Gasteiger charge is 2.16. The number of halogens is 1. The molecule has 0 heterocycles. The van der Waals surface area contributed by atoms with Gasteiger partial charge in [0.1, 0.15) is 0 Å². The molecule has 0 aromatic heterocycles. The van der Waals surface area contributed by atoms with Gasteiger partial charge in [0.05, 0.1) is 0 Å². The van der Waals surface area contributed by atoms with E-state index in [1.165, 1.54) is 53.5 Å². The van der Waals surface area contributed by atoms with Gasteiger partial charge in [-0.25, -0.2) is 0 Å². The Morgan fingerprint density at radius 2 is 2.05 bits per heavy atom. The van der Waals surface area contributed by atoms with E-state index >= 15 is 0 Å². The molecule has 1 saturated carbocycles. The molecule has 1 nitrogen and oxygen atoms in total. The largest absolute Gasteiger partial charge is 0.310 e. The average Bonchev–Trinajstić information content (AvgIpc) is 2.46. The molecule has 0 saturated heterocycles. The van der Waals surface area contributed by atoms with Crippen LogP contribution in [0.3, 0.4) is 0 Å². The summed E-state index contributed by atoms with van der Waals surface area (Å²) in [5.74, 6) is 0. The lowest BCUT2D eigenvalue weighted by molar-refractivity contribution is 0.516. The number of hydrogen-bond acceptors (Lipinski definition) is 2. The third-order valence-corrected chi connectivity index (χ3v) is 6.01. The van der Waals surface area contributed by atoms with E-state index in [4.69, 9.17) is 0 Å². The van der Waals surface area contributed by atoms with Crippen LogP contribution in [0.25, 0.3) is 0 Å². The molecule has 1 aliphatic rings. The lowest BCUT2D eigenvalue weighted by Crippen LogP contribution is -2.19. The molecule has 0 aliphatic heterocycles. The Labute approximate surface area is 136 Å². The number of benzene rings is 1. The van der Waals surface area contributed by atoms with Crippen molar-refractivity contribution in [3.63, 3.8) is 0 Å². The SMILES string of the molecule is CCCNC(C)c1ccc(SC2CCCCC2)cc1Br. The van der Waals surface area contributed by atoms with Crippen molar-refractivity contribution in [3.05, 3.63) is 28.2 Å². The molecule has 1 fully saturated rings. The smallest absolute Gasteiger partial charge is 0.0302 e. The van der Waals surface area contributed by atoms with Crippen molar-refractivity contribution in [3.8, 4) is 0 Å². The first-order chi connectivity index (χ1) is 9.70. The molecule has 0 bridgehead atoms. The molecule has 2 rings (SSSR count). The van der Waals surface area contributed by atoms with E-state index in [-0.39, 0.29) is 0 Å². The second kappa shape index (κ2) is 8.45. The summed E-state index contributed by atoms with van der Waals surface area (Å²) in [5, 5.41) is 4.38. The van der Waals surface area contributed by atoms with Crippen LogP contribution in [-0.2, 0) is 0 Å². The van der Waals surface area contributed by atoms with Crippen molar-refractivity contribution in [1.29, 1.82) is 0 Å². The lowest BCUT2D eigenvalue weighted by atomic mass is 10.0. The van der Waals surface area contributed by atoms with Gasteiger partial charge in [0.2, 0.25) is 0 Å². The summed E-state index contributed by atoms with van der Waals surface area (Å²) in [4.78, 5) is 1.41. The predicted molar refractivity (Wildman–Crippen MR) is 93.6 cm³/mol. The maximum absolute atomic E-state index is 3.75. The molecular weight excluding hydrogens is 330 g/mol. The Hall–Kier alpha value is 0.01000. The molecular formula is C17H26BrNS. The van der Waals surface area contributed by atoms with Crippen LogP contribution in [-0.4, -0.2) is 11.8 Å². The van der Waals surface area contributed by atoms with Crippen LogP contribution >= 0.6 is 27.7 Å². The van der Waals surface area contributed by atoms with Crippen LogP contribution in [0.15, 0.2) is 27.6 Å². The van der Waals surface area contributed by atoms with Crippen LogP contribution < -0.4 is 5.32 Å². The number of thioether (sulfide) groups is 1. The Morgan fingerprint density at radius 1 is 1.30 bits per heavy atom. The van der Waals surface area contributed by atoms with Crippen LogP contribution in [0.5, 0.6) is 0 Å². The summed E-state index contributed by atoms with van der Waals surface area (Å²) in [6.45, 7) is 5.52. The van der Waals surface area contributed by atoms with E-state index in [2.05, 4.69) is 65.1 Å². The van der Waals surface area contributed by atoms with Crippen molar-refractivity contribution in [2.45, 2.75) is 68.6 Å². The Bertz CT molecular complexity index is 415. The van der Waals surface area contributed by atoms with Crippen LogP contribution in [0.2, 0.25) is 0 Å². The fraction of sp³-hybridized carbons (Fsp3) is 0.647. The highest BCUT2D eigenvalue weighted by molar-refractivity contribution is 9.10. The summed E-state index contributed by atoms with van der Waals surface area (Å²) < 4.78 is 1.24. The van der Waals surface area contributed by atoms with Crippen molar-refractivity contribution in [2.75, 3.05) is 6.54 Å². The van der Waals surface area contributed by atoms with E-state index in [1.807, 2.05) is 0 Å². The van der Waals surface area contributed by atoms with Gasteiger partial charge in [-0.1, -0.05) is 48.2 Å². The first kappa shape index (κ1) is 16.4. The van der Waals surface area contributed by atoms with E-state index < -0.39 is 0 Å². The summed E-state index contributed by atoms with van der Waals surface area (Å²) in [5.41, 5.74) is 1.37. The number of rotatable bonds is 6. The zero-order chi connectivity index (χ0) is 14.4. The molecule has 0 spiro atoms. The number of nitrogens with one attached hydrogen (secondary N) is 1. The molecule has 1 aliphatic carbocycles. The van der Waals surface area contributed by atoms with Gasteiger partial charge in [-0.15, -0.1) is 11.8 Å². The molecule has 1 aromatic rings. The van der Waals surface area contributed by atoms with Gasteiger partial charge in [0.25, 0.3) is 0 Å². The van der Waals surface area contributed by atoms with Crippen LogP contribution in [0.4, 0.5) is 0 Å². The predicted octanol–water partition coefficient (Wildman–Crippen LogP) is 5.93. The van der Waals surface area contributed by atoms with Crippen molar-refractivity contribution in [2.24, 2.45) is 0 Å². The first-order valence-corrected chi connectivity index (χ1v) is 9.57. The van der Waals surface area contributed by atoms with Gasteiger partial charge >= 0.3 is 0 Å². The van der Waals surface area contributed by atoms with Gasteiger partial charge in [0.15, 0.2) is 0 Å². The maximum Gasteiger partial charge on any atom is 0.0302 e. The van der Waals surface area contributed by atoms with Crippen molar-refractivity contribution < 1.29 is 0 Å². The molecule has 1 unspecified atom stereocenters. The molecule has 3 heteroatoms. The molecule has 1 atom stereocenters. The lowest BCUT2D eigenvalue weighted by Gasteiger charge is -2.22. The molecule has 1 N–H and O–H groups in total. The van der Waals surface area contributed by atoms with Crippen LogP contribution in [0, 0.1) is 0 Å². The minimum Gasteiger partial charge on any atom is -0.310 e. The van der Waals surface area contributed by atoms with Gasteiger partial charge in [-0.05, 0) is 50.4 Å². The van der Waals surface area contributed by atoms with Gasteiger partial charge in [0, 0.05) is 20.7 Å². The topological polar surface area (TPSA) is 12.0 Å². The highest BCUT2D eigenvalue weighted by atomic mass is 79.9. The second-order valence-electron chi connectivity index (χ2n) is 5.74. The minimum absolute atomic E-state index is 0.415. The van der Waals surface area contributed by atoms with E-state index in [0.29, 0.717) is 6.04 Å². The molecule has 1 aromatic carbocycles. The second-order valence-corrected chi connectivity index (χ2v) is 7.97. The molecule has 0 radical (unpaired) electrons. The zero-order valence-corrected chi connectivity index (χ0v) is 15.0. The van der Waals surface area contributed by atoms with Crippen LogP contribution in [0.1, 0.15) is 64.0 Å². The van der Waals surface area contributed by atoms with E-state index in [1.54, 1.807) is 0 Å². The van der Waals surface area contributed by atoms with Crippen molar-refractivity contribution in [1.82, 2.24) is 5.32 Å². The Balaban J connectivity index is 1.97. The van der Waals surface area contributed by atoms with Gasteiger partial charge < -0.3 is 5.32 Å². The van der Waals surface area contributed by atoms with Gasteiger partial charge in [-0.3, -0.25) is 0 Å². The Kier molecular flexibility index (Phi) is 6.92. The quantitative estimate of drug-likeness (QED) is 0.677. The average molecular weight is 356 g/mol. The fourth-order valence-electron chi connectivity index (χ4n) is 2.78. The summed E-state index contributed by atoms with van der Waals surface area (Å²) >= 11 is 5.82. The van der Waals surface area contributed by atoms with E-state index in [9.17, 15) is 0 Å². The monoisotopic (exact) mass is 355 g/mol. The van der Waals surface area contributed by atoms with E-state index in [0.717, 1.165) is 11.8 Å². The number of hydrogen-bond donors (Lipinski definition) is 1. The first-order valence-electron chi connectivity index (χ1n) is 7.90. The zero-order valence-electron chi connectivity index (χ0n) is 12.6. The third kappa shape index (κ3) is 4.78. The summed E-state index contributed by atoms with van der Waals surface area (Å²) in [7, 11) is 0. The fourth-order valence-corrected chi connectivity index (χ4v) is 4.94. The maximum atomic E-state index is 3.75. The third-order valence-electron chi connectivity index (χ3n) is 3.99. The van der Waals surface area contributed by atoms with Crippen molar-refractivity contribution >= 4 is 27.7 Å². The molecule has 112 valence electrons.